The summed E-state index contributed by atoms with van der Waals surface area (Å²) in [6.45, 7) is 6.61. The molecule has 0 radical (unpaired) electrons. The quantitative estimate of drug-likeness (QED) is 0.355. The molecule has 0 N–H and O–H groups in total. The first-order valence-electron chi connectivity index (χ1n) is 12.5. The first-order chi connectivity index (χ1) is 18.0. The molecule has 1 fully saturated rings. The molecule has 0 aliphatic carbocycles. The molecule has 9 heteroatoms. The maximum Gasteiger partial charge on any atom is 0.410 e. The summed E-state index contributed by atoms with van der Waals surface area (Å²) in [5, 5.41) is 0. The van der Waals surface area contributed by atoms with Crippen molar-refractivity contribution < 1.29 is 24.9 Å². The molecule has 38 heavy (non-hydrogen) atoms. The Morgan fingerprint density at radius 2 is 1.79 bits per heavy atom. The van der Waals surface area contributed by atoms with E-state index in [1.165, 1.54) is 22.3 Å². The van der Waals surface area contributed by atoms with Crippen LogP contribution in [0, 0.1) is 5.82 Å². The Bertz CT molecular complexity index is 1310. The van der Waals surface area contributed by atoms with Crippen LogP contribution >= 0.6 is 11.3 Å². The van der Waals surface area contributed by atoms with Crippen LogP contribution in [-0.2, 0) is 4.74 Å². The number of carbonyl (C=O) groups is 2. The number of rotatable bonds is 6. The lowest BCUT2D eigenvalue weighted by molar-refractivity contribution is 0.0237. The van der Waals surface area contributed by atoms with Crippen LogP contribution in [0.4, 0.5) is 20.6 Å². The molecule has 2 amide bonds. The van der Waals surface area contributed by atoms with E-state index >= 15 is 4.39 Å². The summed E-state index contributed by atoms with van der Waals surface area (Å²) < 4.78 is 25.9. The van der Waals surface area contributed by atoms with Crippen molar-refractivity contribution in [1.82, 2.24) is 4.90 Å². The number of hydrogen-bond acceptors (Lipinski definition) is 6. The van der Waals surface area contributed by atoms with E-state index in [4.69, 9.17) is 9.47 Å². The van der Waals surface area contributed by atoms with Crippen LogP contribution in [0.15, 0.2) is 54.6 Å². The monoisotopic (exact) mass is 541 g/mol. The van der Waals surface area contributed by atoms with Crippen molar-refractivity contribution in [3.05, 3.63) is 65.3 Å². The van der Waals surface area contributed by atoms with Crippen LogP contribution in [0.25, 0.3) is 10.4 Å². The summed E-state index contributed by atoms with van der Waals surface area (Å²) >= 11 is 1.39. The van der Waals surface area contributed by atoms with Gasteiger partial charge in [0.2, 0.25) is 0 Å². The van der Waals surface area contributed by atoms with E-state index in [9.17, 15) is 9.59 Å². The van der Waals surface area contributed by atoms with Gasteiger partial charge in [-0.3, -0.25) is 4.79 Å². The van der Waals surface area contributed by atoms with Gasteiger partial charge in [-0.2, -0.15) is 0 Å². The van der Waals surface area contributed by atoms with Crippen molar-refractivity contribution in [3.8, 4) is 16.2 Å². The summed E-state index contributed by atoms with van der Waals surface area (Å²) in [5.74, 6) is 0.154. The zero-order valence-electron chi connectivity index (χ0n) is 22.7. The molecule has 0 saturated carbocycles. The fraction of sp³-hybridized carbons (Fsp3) is 0.379. The van der Waals surface area contributed by atoms with Crippen molar-refractivity contribution in [2.75, 3.05) is 44.1 Å². The highest BCUT2D eigenvalue weighted by Crippen LogP contribution is 2.32. The summed E-state index contributed by atoms with van der Waals surface area (Å²) in [7, 11) is 4.98. The fourth-order valence-corrected chi connectivity index (χ4v) is 5.35. The van der Waals surface area contributed by atoms with Gasteiger partial charge in [0, 0.05) is 39.2 Å². The molecular formula is C29H36FN3O4S. The molecule has 2 aromatic carbocycles. The third-order valence-electron chi connectivity index (χ3n) is 6.55. The number of halogens is 1. The van der Waals surface area contributed by atoms with Gasteiger partial charge in [0.1, 0.15) is 17.2 Å². The minimum atomic E-state index is -0.574. The van der Waals surface area contributed by atoms with Gasteiger partial charge in [-0.1, -0.05) is 0 Å². The zero-order valence-corrected chi connectivity index (χ0v) is 23.5. The second-order valence-corrected chi connectivity index (χ2v) is 11.5. The Morgan fingerprint density at radius 1 is 1.08 bits per heavy atom. The van der Waals surface area contributed by atoms with Crippen LogP contribution in [-0.4, -0.2) is 62.8 Å². The van der Waals surface area contributed by atoms with E-state index in [1.807, 2.05) is 56.0 Å². The van der Waals surface area contributed by atoms with Gasteiger partial charge < -0.3 is 24.2 Å². The zero-order chi connectivity index (χ0) is 27.6. The largest absolute Gasteiger partial charge is 0.497 e. The van der Waals surface area contributed by atoms with Gasteiger partial charge in [-0.25, -0.2) is 9.18 Å². The first kappa shape index (κ1) is 27.4. The number of thiophene rings is 1. The smallest absolute Gasteiger partial charge is 0.410 e. The highest BCUT2D eigenvalue weighted by atomic mass is 32.1. The molecule has 1 atom stereocenters. The molecule has 3 aromatic rings. The van der Waals surface area contributed by atoms with Crippen molar-refractivity contribution in [2.24, 2.45) is 0 Å². The molecule has 1 aromatic heterocycles. The Morgan fingerprint density at radius 3 is 2.42 bits per heavy atom. The Hall–Kier alpha value is -3.59. The topological polar surface area (TPSA) is 62.3 Å². The number of anilines is 2. The lowest BCUT2D eigenvalue weighted by Gasteiger charge is -2.29. The van der Waals surface area contributed by atoms with Crippen LogP contribution in [0.5, 0.6) is 5.75 Å². The average molecular weight is 542 g/mol. The predicted molar refractivity (Wildman–Crippen MR) is 152 cm³/mol. The van der Waals surface area contributed by atoms with Crippen molar-refractivity contribution >= 4 is 34.7 Å². The van der Waals surface area contributed by atoms with Crippen LogP contribution < -0.4 is 14.5 Å². The molecule has 2 heterocycles. The van der Waals surface area contributed by atoms with E-state index in [0.717, 1.165) is 16.2 Å². The van der Waals surface area contributed by atoms with Crippen molar-refractivity contribution in [3.63, 3.8) is 0 Å². The minimum absolute atomic E-state index is 0. The first-order valence-corrected chi connectivity index (χ1v) is 13.3. The van der Waals surface area contributed by atoms with E-state index in [1.54, 1.807) is 44.3 Å². The van der Waals surface area contributed by atoms with Gasteiger partial charge in [-0.15, -0.1) is 11.3 Å². The van der Waals surface area contributed by atoms with Gasteiger partial charge in [0.05, 0.1) is 23.7 Å². The number of benzene rings is 2. The maximum atomic E-state index is 15.2. The molecular weight excluding hydrogens is 505 g/mol. The van der Waals surface area contributed by atoms with E-state index in [2.05, 4.69) is 0 Å². The van der Waals surface area contributed by atoms with Crippen molar-refractivity contribution in [2.45, 2.75) is 38.8 Å². The molecule has 1 saturated heterocycles. The molecule has 7 nitrogen and oxygen atoms in total. The lowest BCUT2D eigenvalue weighted by atomic mass is 10.2. The van der Waals surface area contributed by atoms with Crippen LogP contribution in [0.2, 0.25) is 0 Å². The molecule has 1 unspecified atom stereocenters. The lowest BCUT2D eigenvalue weighted by Crippen LogP contribution is -2.42. The Labute approximate surface area is 228 Å². The second kappa shape index (κ2) is 11.0. The van der Waals surface area contributed by atoms with Gasteiger partial charge in [0.15, 0.2) is 0 Å². The number of carbonyl (C=O) groups excluding carboxylic acids is 2. The van der Waals surface area contributed by atoms with E-state index in [0.29, 0.717) is 35.8 Å². The van der Waals surface area contributed by atoms with Crippen LogP contribution in [0.3, 0.4) is 0 Å². The molecule has 4 rings (SSSR count). The van der Waals surface area contributed by atoms with Crippen molar-refractivity contribution in [1.29, 1.82) is 0 Å². The molecule has 0 bridgehead atoms. The minimum Gasteiger partial charge on any atom is -0.497 e. The maximum absolute atomic E-state index is 15.2. The third-order valence-corrected chi connectivity index (χ3v) is 7.67. The van der Waals surface area contributed by atoms with E-state index < -0.39 is 11.4 Å². The fourth-order valence-electron chi connectivity index (χ4n) is 4.37. The predicted octanol–water partition coefficient (Wildman–Crippen LogP) is 6.53. The molecule has 204 valence electrons. The Kier molecular flexibility index (Phi) is 7.97. The standard InChI is InChI=1S/C29H34FN3O4S.H2/c1-29(2,3)37-28(35)32(5)21-15-16-33(18-21)24-12-9-20(17-23(24)30)31(4)27(34)26-14-13-25(38-26)19-7-10-22(36-6)11-8-19;/h7-14,17,21H,15-16,18H2,1-6H3;1H. The normalized spacial score (nSPS) is 15.3. The number of likely N-dealkylation sites (N-methyl/N-ethyl adjacent to an activating group) is 1. The summed E-state index contributed by atoms with van der Waals surface area (Å²) in [5.41, 5.74) is 1.34. The summed E-state index contributed by atoms with van der Waals surface area (Å²) in [4.78, 5) is 32.1. The summed E-state index contributed by atoms with van der Waals surface area (Å²) in [6, 6.07) is 16.1. The summed E-state index contributed by atoms with van der Waals surface area (Å²) in [6.07, 6.45) is 0.327. The van der Waals surface area contributed by atoms with Gasteiger partial charge >= 0.3 is 6.09 Å². The number of nitrogens with zero attached hydrogens (tertiary/aromatic N) is 3. The highest BCUT2D eigenvalue weighted by Gasteiger charge is 2.32. The van der Waals surface area contributed by atoms with Gasteiger partial charge in [0.25, 0.3) is 5.91 Å². The highest BCUT2D eigenvalue weighted by molar-refractivity contribution is 7.17. The molecule has 1 aliphatic heterocycles. The Balaban J connectivity index is 0.00000420. The van der Waals surface area contributed by atoms with Gasteiger partial charge in [-0.05, 0) is 87.4 Å². The number of amides is 2. The number of ether oxygens (including phenoxy) is 2. The number of methoxy groups -OCH3 is 1. The third kappa shape index (κ3) is 6.10. The second-order valence-electron chi connectivity index (χ2n) is 10.4. The molecule has 0 spiro atoms. The molecule has 1 aliphatic rings. The average Bonchev–Trinajstić information content (AvgIpc) is 3.57. The number of hydrogen-bond donors (Lipinski definition) is 0. The SMILES string of the molecule is COc1ccc(-c2ccc(C(=O)N(C)c3ccc(N4CCC(N(C)C(=O)OC(C)(C)C)C4)c(F)c3)s2)cc1.[HH]. The van der Waals surface area contributed by atoms with E-state index in [-0.39, 0.29) is 19.5 Å². The van der Waals surface area contributed by atoms with Crippen LogP contribution in [0.1, 0.15) is 38.3 Å².